The molecule has 0 aromatic heterocycles. The van der Waals surface area contributed by atoms with Gasteiger partial charge >= 0.3 is 6.03 Å². The Balaban J connectivity index is 1.65. The van der Waals surface area contributed by atoms with Gasteiger partial charge in [-0.25, -0.2) is 4.79 Å². The van der Waals surface area contributed by atoms with Gasteiger partial charge < -0.3 is 10.6 Å². The summed E-state index contributed by atoms with van der Waals surface area (Å²) < 4.78 is 0. The molecule has 2 aliphatic rings. The van der Waals surface area contributed by atoms with Crippen molar-refractivity contribution in [1.29, 1.82) is 0 Å². The third-order valence-electron chi connectivity index (χ3n) is 4.84. The summed E-state index contributed by atoms with van der Waals surface area (Å²) in [6.07, 6.45) is 8.87. The number of carbonyl (C=O) groups excluding carboxylic acids is 3. The SMILES string of the molecule is CCCCCCNC(=O)CCCN1C(=O)NC2(CCCC2)C1=O. The lowest BCUT2D eigenvalue weighted by Gasteiger charge is -2.19. The van der Waals surface area contributed by atoms with Crippen LogP contribution in [0.2, 0.25) is 0 Å². The number of unbranched alkanes of at least 4 members (excludes halogenated alkanes) is 3. The minimum absolute atomic E-state index is 0.00383. The molecule has 2 N–H and O–H groups in total. The lowest BCUT2D eigenvalue weighted by Crippen LogP contribution is -2.44. The number of urea groups is 1. The maximum absolute atomic E-state index is 12.4. The first-order chi connectivity index (χ1) is 11.1. The molecule has 1 heterocycles. The van der Waals surface area contributed by atoms with Gasteiger partial charge in [0.05, 0.1) is 0 Å². The Kier molecular flexibility index (Phi) is 6.42. The summed E-state index contributed by atoms with van der Waals surface area (Å²) in [5.41, 5.74) is -0.640. The zero-order valence-electron chi connectivity index (χ0n) is 14.2. The predicted molar refractivity (Wildman–Crippen MR) is 87.8 cm³/mol. The second-order valence-corrected chi connectivity index (χ2v) is 6.69. The van der Waals surface area contributed by atoms with Crippen molar-refractivity contribution in [3.63, 3.8) is 0 Å². The number of amides is 4. The van der Waals surface area contributed by atoms with Gasteiger partial charge in [-0.15, -0.1) is 0 Å². The van der Waals surface area contributed by atoms with Crippen LogP contribution in [0.4, 0.5) is 4.79 Å². The number of nitrogens with zero attached hydrogens (tertiary/aromatic N) is 1. The molecule has 2 rings (SSSR count). The largest absolute Gasteiger partial charge is 0.356 e. The second-order valence-electron chi connectivity index (χ2n) is 6.69. The molecule has 1 saturated carbocycles. The summed E-state index contributed by atoms with van der Waals surface area (Å²) in [6, 6.07) is -0.295. The fraction of sp³-hybridized carbons (Fsp3) is 0.824. The van der Waals surface area contributed by atoms with Crippen LogP contribution < -0.4 is 10.6 Å². The lowest BCUT2D eigenvalue weighted by atomic mass is 9.98. The van der Waals surface area contributed by atoms with Crippen molar-refractivity contribution < 1.29 is 14.4 Å². The predicted octanol–water partition coefficient (Wildman–Crippen LogP) is 2.33. The van der Waals surface area contributed by atoms with E-state index in [1.807, 2.05) is 0 Å². The molecule has 1 saturated heterocycles. The third kappa shape index (κ3) is 4.45. The van der Waals surface area contributed by atoms with E-state index in [-0.39, 0.29) is 17.8 Å². The maximum Gasteiger partial charge on any atom is 0.325 e. The first kappa shape index (κ1) is 17.8. The fourth-order valence-corrected chi connectivity index (χ4v) is 3.46. The normalized spacial score (nSPS) is 19.4. The Morgan fingerprint density at radius 2 is 1.91 bits per heavy atom. The zero-order chi connectivity index (χ0) is 16.7. The number of rotatable bonds is 9. The Bertz CT molecular complexity index is 444. The Morgan fingerprint density at radius 1 is 1.17 bits per heavy atom. The highest BCUT2D eigenvalue weighted by Crippen LogP contribution is 2.35. The van der Waals surface area contributed by atoms with Crippen LogP contribution in [0.3, 0.4) is 0 Å². The fourth-order valence-electron chi connectivity index (χ4n) is 3.46. The summed E-state index contributed by atoms with van der Waals surface area (Å²) in [7, 11) is 0. The van der Waals surface area contributed by atoms with Crippen molar-refractivity contribution in [1.82, 2.24) is 15.5 Å². The van der Waals surface area contributed by atoms with E-state index in [9.17, 15) is 14.4 Å². The molecule has 1 aliphatic heterocycles. The monoisotopic (exact) mass is 323 g/mol. The highest BCUT2D eigenvalue weighted by Gasteiger charge is 2.51. The molecule has 0 aromatic carbocycles. The molecule has 130 valence electrons. The van der Waals surface area contributed by atoms with E-state index in [0.29, 0.717) is 25.9 Å². The van der Waals surface area contributed by atoms with Crippen LogP contribution in [0.15, 0.2) is 0 Å². The topological polar surface area (TPSA) is 78.5 Å². The highest BCUT2D eigenvalue weighted by atomic mass is 16.2. The molecule has 1 spiro atoms. The summed E-state index contributed by atoms with van der Waals surface area (Å²) in [5.74, 6) is -0.0934. The van der Waals surface area contributed by atoms with Gasteiger partial charge in [-0.2, -0.15) is 0 Å². The maximum atomic E-state index is 12.4. The first-order valence-electron chi connectivity index (χ1n) is 9.00. The number of hydrogen-bond acceptors (Lipinski definition) is 3. The molecule has 1 aliphatic carbocycles. The van der Waals surface area contributed by atoms with Crippen LogP contribution in [0.1, 0.15) is 71.1 Å². The molecule has 6 nitrogen and oxygen atoms in total. The van der Waals surface area contributed by atoms with Gasteiger partial charge in [-0.1, -0.05) is 39.0 Å². The molecule has 4 amide bonds. The molecule has 0 aromatic rings. The number of carbonyl (C=O) groups is 3. The second kappa shape index (κ2) is 8.31. The summed E-state index contributed by atoms with van der Waals surface area (Å²) in [6.45, 7) is 3.20. The van der Waals surface area contributed by atoms with Gasteiger partial charge in [0.1, 0.15) is 5.54 Å². The minimum Gasteiger partial charge on any atom is -0.356 e. The number of hydrogen-bond donors (Lipinski definition) is 2. The first-order valence-corrected chi connectivity index (χ1v) is 9.00. The Labute approximate surface area is 138 Å². The van der Waals surface area contributed by atoms with E-state index in [1.54, 1.807) is 0 Å². The standard InChI is InChI=1S/C17H29N3O3/c1-2-3-4-7-12-18-14(21)9-8-13-20-15(22)17(19-16(20)23)10-5-6-11-17/h2-13H2,1H3,(H,18,21)(H,19,23). The van der Waals surface area contributed by atoms with Crippen LogP contribution in [-0.2, 0) is 9.59 Å². The van der Waals surface area contributed by atoms with Crippen LogP contribution in [-0.4, -0.2) is 41.4 Å². The number of imide groups is 1. The number of nitrogens with one attached hydrogen (secondary N) is 2. The summed E-state index contributed by atoms with van der Waals surface area (Å²) in [4.78, 5) is 37.5. The molecule has 0 radical (unpaired) electrons. The van der Waals surface area contributed by atoms with E-state index in [0.717, 1.165) is 38.5 Å². The molecular formula is C17H29N3O3. The van der Waals surface area contributed by atoms with Gasteiger partial charge in [0, 0.05) is 19.5 Å². The van der Waals surface area contributed by atoms with E-state index < -0.39 is 5.54 Å². The molecule has 2 fully saturated rings. The van der Waals surface area contributed by atoms with Crippen LogP contribution >= 0.6 is 0 Å². The van der Waals surface area contributed by atoms with Gasteiger partial charge in [0.2, 0.25) is 5.91 Å². The average molecular weight is 323 g/mol. The van der Waals surface area contributed by atoms with Gasteiger partial charge in [-0.3, -0.25) is 14.5 Å². The van der Waals surface area contributed by atoms with Gasteiger partial charge in [0.25, 0.3) is 5.91 Å². The Morgan fingerprint density at radius 3 is 2.61 bits per heavy atom. The Hall–Kier alpha value is -1.59. The van der Waals surface area contributed by atoms with Crippen LogP contribution in [0.5, 0.6) is 0 Å². The van der Waals surface area contributed by atoms with Crippen molar-refractivity contribution in [2.75, 3.05) is 13.1 Å². The van der Waals surface area contributed by atoms with Crippen molar-refractivity contribution in [2.45, 2.75) is 76.7 Å². The zero-order valence-corrected chi connectivity index (χ0v) is 14.2. The van der Waals surface area contributed by atoms with Crippen molar-refractivity contribution in [3.8, 4) is 0 Å². The van der Waals surface area contributed by atoms with E-state index in [4.69, 9.17) is 0 Å². The van der Waals surface area contributed by atoms with Gasteiger partial charge in [-0.05, 0) is 25.7 Å². The summed E-state index contributed by atoms with van der Waals surface area (Å²) >= 11 is 0. The quantitative estimate of drug-likeness (QED) is 0.505. The highest BCUT2D eigenvalue weighted by molar-refractivity contribution is 6.07. The van der Waals surface area contributed by atoms with E-state index in [1.165, 1.54) is 17.7 Å². The lowest BCUT2D eigenvalue weighted by molar-refractivity contribution is -0.131. The minimum atomic E-state index is -0.640. The van der Waals surface area contributed by atoms with Crippen molar-refractivity contribution in [3.05, 3.63) is 0 Å². The van der Waals surface area contributed by atoms with Crippen LogP contribution in [0.25, 0.3) is 0 Å². The molecule has 0 atom stereocenters. The van der Waals surface area contributed by atoms with E-state index in [2.05, 4.69) is 17.6 Å². The molecule has 6 heteroatoms. The molecule has 0 unspecified atom stereocenters. The van der Waals surface area contributed by atoms with Gasteiger partial charge in [0.15, 0.2) is 0 Å². The third-order valence-corrected chi connectivity index (χ3v) is 4.84. The van der Waals surface area contributed by atoms with E-state index >= 15 is 0 Å². The molecular weight excluding hydrogens is 294 g/mol. The smallest absolute Gasteiger partial charge is 0.325 e. The van der Waals surface area contributed by atoms with Crippen LogP contribution in [0, 0.1) is 0 Å². The summed E-state index contributed by atoms with van der Waals surface area (Å²) in [5, 5.41) is 5.75. The van der Waals surface area contributed by atoms with Crippen molar-refractivity contribution in [2.24, 2.45) is 0 Å². The average Bonchev–Trinajstić information content (AvgIpc) is 3.08. The molecule has 0 bridgehead atoms. The molecule has 23 heavy (non-hydrogen) atoms. The van der Waals surface area contributed by atoms with Crippen molar-refractivity contribution >= 4 is 17.8 Å².